The molecule has 0 aromatic heterocycles. The fourth-order valence-corrected chi connectivity index (χ4v) is 1.59. The molecule has 1 rings (SSSR count). The molecule has 5 heteroatoms. The quantitative estimate of drug-likeness (QED) is 0.780. The number of hydrogen-bond donors (Lipinski definition) is 1. The number of morpholine rings is 1. The highest BCUT2D eigenvalue weighted by Crippen LogP contribution is 2.15. The summed E-state index contributed by atoms with van der Waals surface area (Å²) in [5.74, 6) is -0.764. The molecule has 0 radical (unpaired) electrons. The van der Waals surface area contributed by atoms with E-state index < -0.39 is 5.97 Å². The minimum atomic E-state index is -0.764. The van der Waals surface area contributed by atoms with Gasteiger partial charge < -0.3 is 14.6 Å². The third-order valence-corrected chi connectivity index (χ3v) is 2.25. The Hall–Kier alpha value is -0.650. The lowest BCUT2D eigenvalue weighted by atomic mass is 10.2. The molecule has 94 valence electrons. The van der Waals surface area contributed by atoms with E-state index in [4.69, 9.17) is 14.6 Å². The van der Waals surface area contributed by atoms with Crippen molar-refractivity contribution in [3.8, 4) is 0 Å². The summed E-state index contributed by atoms with van der Waals surface area (Å²) >= 11 is 0. The number of carbonyl (C=O) groups is 1. The van der Waals surface area contributed by atoms with Crippen molar-refractivity contribution in [3.05, 3.63) is 0 Å². The second-order valence-corrected chi connectivity index (χ2v) is 4.97. The van der Waals surface area contributed by atoms with E-state index in [1.807, 2.05) is 20.8 Å². The fraction of sp³-hybridized carbons (Fsp3) is 0.909. The van der Waals surface area contributed by atoms with Gasteiger partial charge in [-0.2, -0.15) is 0 Å². The van der Waals surface area contributed by atoms with Crippen LogP contribution in [0.1, 0.15) is 27.2 Å². The minimum absolute atomic E-state index is 0.169. The van der Waals surface area contributed by atoms with E-state index in [0.29, 0.717) is 19.7 Å². The Morgan fingerprint density at radius 3 is 2.81 bits per heavy atom. The van der Waals surface area contributed by atoms with Gasteiger partial charge in [0, 0.05) is 19.6 Å². The average Bonchev–Trinajstić information content (AvgIpc) is 2.12. The summed E-state index contributed by atoms with van der Waals surface area (Å²) in [4.78, 5) is 12.5. The molecule has 16 heavy (non-hydrogen) atoms. The lowest BCUT2D eigenvalue weighted by molar-refractivity contribution is -0.221. The molecular formula is C11H21NO4. The van der Waals surface area contributed by atoms with Crippen LogP contribution < -0.4 is 0 Å². The predicted molar refractivity (Wildman–Crippen MR) is 59.3 cm³/mol. The molecule has 0 spiro atoms. The van der Waals surface area contributed by atoms with Gasteiger partial charge in [-0.25, -0.2) is 0 Å². The molecule has 1 N–H and O–H groups in total. The van der Waals surface area contributed by atoms with Crippen LogP contribution in [0.15, 0.2) is 0 Å². The lowest BCUT2D eigenvalue weighted by Crippen LogP contribution is -2.46. The maximum atomic E-state index is 10.5. The van der Waals surface area contributed by atoms with Crippen LogP contribution in [0.5, 0.6) is 0 Å². The van der Waals surface area contributed by atoms with Crippen LogP contribution in [0, 0.1) is 0 Å². The molecule has 0 bridgehead atoms. The van der Waals surface area contributed by atoms with Gasteiger partial charge in [-0.05, 0) is 20.8 Å². The molecule has 0 aromatic rings. The van der Waals surface area contributed by atoms with Crippen molar-refractivity contribution < 1.29 is 19.4 Å². The number of ether oxygens (including phenoxy) is 2. The number of carboxylic acids is 1. The third kappa shape index (κ3) is 5.44. The van der Waals surface area contributed by atoms with Crippen LogP contribution in [-0.2, 0) is 14.3 Å². The highest BCUT2D eigenvalue weighted by molar-refractivity contribution is 5.66. The fourth-order valence-electron chi connectivity index (χ4n) is 1.59. The summed E-state index contributed by atoms with van der Waals surface area (Å²) in [6.07, 6.45) is -0.0788. The van der Waals surface area contributed by atoms with Crippen molar-refractivity contribution in [2.75, 3.05) is 26.2 Å². The SMILES string of the molecule is CC(C)(C)O[C@H]1CN(CCC(=O)O)CCO1. The van der Waals surface area contributed by atoms with Gasteiger partial charge in [0.1, 0.15) is 0 Å². The molecule has 0 amide bonds. The Kier molecular flexibility index (Phi) is 4.70. The first-order valence-corrected chi connectivity index (χ1v) is 5.60. The number of hydrogen-bond acceptors (Lipinski definition) is 4. The molecule has 1 heterocycles. The Morgan fingerprint density at radius 2 is 2.25 bits per heavy atom. The second-order valence-electron chi connectivity index (χ2n) is 4.97. The van der Waals surface area contributed by atoms with Gasteiger partial charge in [-0.3, -0.25) is 9.69 Å². The van der Waals surface area contributed by atoms with Gasteiger partial charge in [0.05, 0.1) is 18.6 Å². The van der Waals surface area contributed by atoms with Crippen molar-refractivity contribution in [2.24, 2.45) is 0 Å². The van der Waals surface area contributed by atoms with Crippen LogP contribution in [0.25, 0.3) is 0 Å². The third-order valence-electron chi connectivity index (χ3n) is 2.25. The van der Waals surface area contributed by atoms with Crippen LogP contribution in [0.4, 0.5) is 0 Å². The van der Waals surface area contributed by atoms with E-state index in [-0.39, 0.29) is 18.3 Å². The van der Waals surface area contributed by atoms with E-state index in [1.54, 1.807) is 0 Å². The second kappa shape index (κ2) is 5.61. The van der Waals surface area contributed by atoms with Crippen molar-refractivity contribution >= 4 is 5.97 Å². The van der Waals surface area contributed by atoms with E-state index in [9.17, 15) is 4.79 Å². The standard InChI is InChI=1S/C11H21NO4/c1-11(2,3)16-10-8-12(6-7-15-10)5-4-9(13)14/h10H,4-8H2,1-3H3,(H,13,14)/t10-/m0/s1. The zero-order chi connectivity index (χ0) is 12.2. The van der Waals surface area contributed by atoms with Gasteiger partial charge in [-0.1, -0.05) is 0 Å². The summed E-state index contributed by atoms with van der Waals surface area (Å²) in [5, 5.41) is 8.61. The molecule has 1 aliphatic heterocycles. The molecule has 5 nitrogen and oxygen atoms in total. The Morgan fingerprint density at radius 1 is 1.56 bits per heavy atom. The van der Waals surface area contributed by atoms with Crippen molar-refractivity contribution in [3.63, 3.8) is 0 Å². The zero-order valence-electron chi connectivity index (χ0n) is 10.2. The van der Waals surface area contributed by atoms with Gasteiger partial charge in [-0.15, -0.1) is 0 Å². The van der Waals surface area contributed by atoms with Crippen molar-refractivity contribution in [1.29, 1.82) is 0 Å². The highest BCUT2D eigenvalue weighted by atomic mass is 16.7. The largest absolute Gasteiger partial charge is 0.481 e. The van der Waals surface area contributed by atoms with Crippen LogP contribution in [0.2, 0.25) is 0 Å². The Labute approximate surface area is 96.3 Å². The Bertz CT molecular complexity index is 237. The number of nitrogens with zero attached hydrogens (tertiary/aromatic N) is 1. The van der Waals surface area contributed by atoms with E-state index in [1.165, 1.54) is 0 Å². The number of rotatable bonds is 4. The zero-order valence-corrected chi connectivity index (χ0v) is 10.2. The summed E-state index contributed by atoms with van der Waals surface area (Å²) in [5.41, 5.74) is -0.236. The minimum Gasteiger partial charge on any atom is -0.481 e. The Balaban J connectivity index is 2.32. The summed E-state index contributed by atoms with van der Waals surface area (Å²) in [7, 11) is 0. The number of carboxylic acid groups (broad SMARTS) is 1. The maximum Gasteiger partial charge on any atom is 0.304 e. The molecule has 0 aromatic carbocycles. The van der Waals surface area contributed by atoms with Gasteiger partial charge in [0.15, 0.2) is 6.29 Å². The molecule has 0 unspecified atom stereocenters. The van der Waals surface area contributed by atoms with Crippen LogP contribution in [0.3, 0.4) is 0 Å². The van der Waals surface area contributed by atoms with E-state index in [2.05, 4.69) is 4.90 Å². The van der Waals surface area contributed by atoms with Gasteiger partial charge >= 0.3 is 5.97 Å². The maximum absolute atomic E-state index is 10.5. The average molecular weight is 231 g/mol. The predicted octanol–water partition coefficient (Wildman–Crippen LogP) is 0.934. The first-order chi connectivity index (χ1) is 7.37. The van der Waals surface area contributed by atoms with Gasteiger partial charge in [0.2, 0.25) is 0 Å². The highest BCUT2D eigenvalue weighted by Gasteiger charge is 2.25. The summed E-state index contributed by atoms with van der Waals surface area (Å²) in [6.45, 7) is 8.51. The molecule has 0 aliphatic carbocycles. The summed E-state index contributed by atoms with van der Waals surface area (Å²) in [6, 6.07) is 0. The molecule has 1 saturated heterocycles. The van der Waals surface area contributed by atoms with Crippen LogP contribution in [-0.4, -0.2) is 54.1 Å². The molecular weight excluding hydrogens is 210 g/mol. The topological polar surface area (TPSA) is 59.0 Å². The molecule has 1 aliphatic rings. The van der Waals surface area contributed by atoms with E-state index >= 15 is 0 Å². The first-order valence-electron chi connectivity index (χ1n) is 5.60. The molecule has 1 atom stereocenters. The van der Waals surface area contributed by atoms with Gasteiger partial charge in [0.25, 0.3) is 0 Å². The van der Waals surface area contributed by atoms with Crippen molar-refractivity contribution in [2.45, 2.75) is 39.1 Å². The molecule has 0 saturated carbocycles. The monoisotopic (exact) mass is 231 g/mol. The van der Waals surface area contributed by atoms with Crippen molar-refractivity contribution in [1.82, 2.24) is 4.90 Å². The molecule has 1 fully saturated rings. The summed E-state index contributed by atoms with van der Waals surface area (Å²) < 4.78 is 11.2. The smallest absolute Gasteiger partial charge is 0.304 e. The van der Waals surface area contributed by atoms with Crippen LogP contribution >= 0.6 is 0 Å². The first kappa shape index (κ1) is 13.4. The number of aliphatic carboxylic acids is 1. The normalized spacial score (nSPS) is 23.3. The lowest BCUT2D eigenvalue weighted by Gasteiger charge is -2.35. The van der Waals surface area contributed by atoms with E-state index in [0.717, 1.165) is 6.54 Å².